The average Bonchev–Trinajstić information content (AvgIpc) is 2.89. The van der Waals surface area contributed by atoms with Crippen LogP contribution in [0.4, 0.5) is 5.69 Å². The normalized spacial score (nSPS) is 10.8. The van der Waals surface area contributed by atoms with Crippen LogP contribution in [-0.4, -0.2) is 21.2 Å². The molecule has 102 valence electrons. The van der Waals surface area contributed by atoms with E-state index in [0.717, 1.165) is 17.0 Å². The third-order valence-corrected chi connectivity index (χ3v) is 2.98. The van der Waals surface area contributed by atoms with Crippen molar-refractivity contribution in [2.45, 2.75) is 6.92 Å². The van der Waals surface area contributed by atoms with Crippen LogP contribution in [0, 0.1) is 0 Å². The predicted octanol–water partition coefficient (Wildman–Crippen LogP) is 1.67. The lowest BCUT2D eigenvalue weighted by molar-refractivity contribution is 0.340. The summed E-state index contributed by atoms with van der Waals surface area (Å²) < 4.78 is 6.80. The number of nitrogens with one attached hydrogen (secondary N) is 1. The molecule has 0 atom stereocenters. The largest absolute Gasteiger partial charge is 0.494 e. The quantitative estimate of drug-likeness (QED) is 0.758. The second-order valence-electron chi connectivity index (χ2n) is 4.34. The zero-order valence-electron chi connectivity index (χ0n) is 11.0. The first-order valence-electron chi connectivity index (χ1n) is 6.28. The lowest BCUT2D eigenvalue weighted by Gasteiger charge is -2.04. The van der Waals surface area contributed by atoms with E-state index in [2.05, 4.69) is 10.1 Å². The maximum absolute atomic E-state index is 11.9. The first-order valence-corrected chi connectivity index (χ1v) is 6.28. The highest BCUT2D eigenvalue weighted by atomic mass is 16.5. The Bertz CT molecular complexity index is 819. The molecular weight excluding hydrogens is 256 g/mol. The van der Waals surface area contributed by atoms with Gasteiger partial charge in [0.05, 0.1) is 18.5 Å². The Morgan fingerprint density at radius 1 is 1.40 bits per heavy atom. The van der Waals surface area contributed by atoms with E-state index < -0.39 is 0 Å². The lowest BCUT2D eigenvalue weighted by atomic mass is 10.1. The molecule has 0 aliphatic rings. The molecule has 0 unspecified atom stereocenters. The van der Waals surface area contributed by atoms with Crippen LogP contribution in [0.1, 0.15) is 6.92 Å². The molecule has 3 N–H and O–H groups in total. The molecule has 2 heterocycles. The number of nitrogen functional groups attached to an aromatic ring is 1. The van der Waals surface area contributed by atoms with Gasteiger partial charge in [0.1, 0.15) is 11.4 Å². The molecule has 20 heavy (non-hydrogen) atoms. The molecule has 6 heteroatoms. The van der Waals surface area contributed by atoms with Crippen molar-refractivity contribution < 1.29 is 4.74 Å². The molecule has 0 radical (unpaired) electrons. The minimum atomic E-state index is -0.304. The predicted molar refractivity (Wildman–Crippen MR) is 76.8 cm³/mol. The van der Waals surface area contributed by atoms with Crippen molar-refractivity contribution in [3.05, 3.63) is 46.9 Å². The minimum absolute atomic E-state index is 0.110. The number of H-pyrrole nitrogens is 1. The fraction of sp³-hybridized carbons (Fsp3) is 0.143. The van der Waals surface area contributed by atoms with E-state index in [-0.39, 0.29) is 11.2 Å². The third-order valence-electron chi connectivity index (χ3n) is 2.98. The van der Waals surface area contributed by atoms with Crippen LogP contribution >= 0.6 is 0 Å². The Hall–Kier alpha value is -2.76. The maximum atomic E-state index is 11.9. The van der Waals surface area contributed by atoms with Gasteiger partial charge in [0, 0.05) is 11.6 Å². The second-order valence-corrected chi connectivity index (χ2v) is 4.34. The van der Waals surface area contributed by atoms with Gasteiger partial charge in [-0.25, -0.2) is 4.98 Å². The number of nitrogens with two attached hydrogens (primary N) is 1. The summed E-state index contributed by atoms with van der Waals surface area (Å²) in [5.74, 6) is 0.781. The summed E-state index contributed by atoms with van der Waals surface area (Å²) >= 11 is 0. The van der Waals surface area contributed by atoms with Crippen molar-refractivity contribution in [2.24, 2.45) is 0 Å². The zero-order chi connectivity index (χ0) is 14.1. The highest BCUT2D eigenvalue weighted by Gasteiger charge is 2.08. The van der Waals surface area contributed by atoms with Crippen LogP contribution in [0.2, 0.25) is 0 Å². The number of hydrogen-bond acceptors (Lipinski definition) is 4. The Balaban J connectivity index is 2.13. The summed E-state index contributed by atoms with van der Waals surface area (Å²) in [5.41, 5.74) is 7.59. The number of fused-ring (bicyclic) bond motifs is 1. The molecule has 0 saturated heterocycles. The van der Waals surface area contributed by atoms with E-state index in [0.29, 0.717) is 12.3 Å². The van der Waals surface area contributed by atoms with Gasteiger partial charge in [0.2, 0.25) is 0 Å². The van der Waals surface area contributed by atoms with Crippen LogP contribution in [0.25, 0.3) is 16.9 Å². The van der Waals surface area contributed by atoms with Gasteiger partial charge in [-0.3, -0.25) is 9.89 Å². The van der Waals surface area contributed by atoms with Crippen molar-refractivity contribution in [1.29, 1.82) is 0 Å². The maximum Gasteiger partial charge on any atom is 0.295 e. The second kappa shape index (κ2) is 4.73. The van der Waals surface area contributed by atoms with Gasteiger partial charge in [-0.1, -0.05) is 12.1 Å². The van der Waals surface area contributed by atoms with E-state index in [1.165, 1.54) is 10.7 Å². The van der Waals surface area contributed by atoms with Crippen molar-refractivity contribution in [3.8, 4) is 17.0 Å². The molecule has 0 saturated carbocycles. The van der Waals surface area contributed by atoms with Gasteiger partial charge in [-0.2, -0.15) is 4.52 Å². The molecule has 0 fully saturated rings. The minimum Gasteiger partial charge on any atom is -0.494 e. The number of anilines is 1. The Kier molecular flexibility index (Phi) is 2.90. The van der Waals surface area contributed by atoms with Gasteiger partial charge in [-0.05, 0) is 19.1 Å². The van der Waals surface area contributed by atoms with E-state index in [9.17, 15) is 4.79 Å². The molecule has 2 aromatic heterocycles. The highest BCUT2D eigenvalue weighted by Crippen LogP contribution is 2.23. The number of aromatic amines is 1. The number of hydrogen-bond donors (Lipinski definition) is 2. The van der Waals surface area contributed by atoms with Gasteiger partial charge in [0.25, 0.3) is 5.56 Å². The fourth-order valence-corrected chi connectivity index (χ4v) is 2.04. The van der Waals surface area contributed by atoms with Crippen LogP contribution in [0.15, 0.2) is 41.3 Å². The van der Waals surface area contributed by atoms with Crippen LogP contribution in [-0.2, 0) is 0 Å². The molecule has 0 amide bonds. The van der Waals surface area contributed by atoms with Gasteiger partial charge < -0.3 is 10.5 Å². The van der Waals surface area contributed by atoms with Crippen LogP contribution in [0.5, 0.6) is 5.75 Å². The van der Waals surface area contributed by atoms with E-state index >= 15 is 0 Å². The molecule has 6 nitrogen and oxygen atoms in total. The summed E-state index contributed by atoms with van der Waals surface area (Å²) in [6.07, 6.45) is 1.37. The van der Waals surface area contributed by atoms with Gasteiger partial charge >= 0.3 is 0 Å². The Morgan fingerprint density at radius 2 is 2.25 bits per heavy atom. The smallest absolute Gasteiger partial charge is 0.295 e. The number of nitrogens with zero attached hydrogens (tertiary/aromatic N) is 2. The average molecular weight is 270 g/mol. The molecule has 3 rings (SSSR count). The third kappa shape index (κ3) is 2.01. The van der Waals surface area contributed by atoms with Crippen LogP contribution in [0.3, 0.4) is 0 Å². The first kappa shape index (κ1) is 12.3. The summed E-state index contributed by atoms with van der Waals surface area (Å²) in [4.78, 5) is 16.0. The fourth-order valence-electron chi connectivity index (χ4n) is 2.04. The zero-order valence-corrected chi connectivity index (χ0v) is 11.0. The summed E-state index contributed by atoms with van der Waals surface area (Å²) in [6.45, 7) is 2.54. The summed E-state index contributed by atoms with van der Waals surface area (Å²) in [6, 6.07) is 9.42. The molecule has 1 aromatic carbocycles. The van der Waals surface area contributed by atoms with Crippen molar-refractivity contribution in [3.63, 3.8) is 0 Å². The summed E-state index contributed by atoms with van der Waals surface area (Å²) in [5, 5.41) is 3.00. The van der Waals surface area contributed by atoms with Crippen molar-refractivity contribution >= 4 is 11.3 Å². The van der Waals surface area contributed by atoms with Crippen molar-refractivity contribution in [2.75, 3.05) is 12.3 Å². The highest BCUT2D eigenvalue weighted by molar-refractivity contribution is 5.65. The molecule has 3 aromatic rings. The summed E-state index contributed by atoms with van der Waals surface area (Å²) in [7, 11) is 0. The van der Waals surface area contributed by atoms with Crippen LogP contribution < -0.4 is 16.0 Å². The number of ether oxygens (including phenoxy) is 1. The number of aromatic nitrogens is 3. The SMILES string of the molecule is CCOc1cccc(-c2cc3ncc(N)c(=O)n3[nH]2)c1. The van der Waals surface area contributed by atoms with Crippen molar-refractivity contribution in [1.82, 2.24) is 14.6 Å². The molecule has 0 aliphatic heterocycles. The van der Waals surface area contributed by atoms with E-state index in [1.54, 1.807) is 6.07 Å². The van der Waals surface area contributed by atoms with E-state index in [4.69, 9.17) is 10.5 Å². The van der Waals surface area contributed by atoms with Gasteiger partial charge in [-0.15, -0.1) is 0 Å². The topological polar surface area (TPSA) is 85.4 Å². The first-order chi connectivity index (χ1) is 9.69. The Labute approximate surface area is 114 Å². The number of rotatable bonds is 3. The van der Waals surface area contributed by atoms with E-state index in [1.807, 2.05) is 31.2 Å². The molecule has 0 aliphatic carbocycles. The lowest BCUT2D eigenvalue weighted by Crippen LogP contribution is -2.18. The van der Waals surface area contributed by atoms with Gasteiger partial charge in [0.15, 0.2) is 5.65 Å². The molecule has 0 spiro atoms. The standard InChI is InChI=1S/C14H14N4O2/c1-2-20-10-5-3-4-9(6-10)12-7-13-16-8-11(15)14(19)18(13)17-12/h3-8,17H,2,15H2,1H3. The Morgan fingerprint density at radius 3 is 3.05 bits per heavy atom. The molecular formula is C14H14N4O2. The number of benzene rings is 1. The monoisotopic (exact) mass is 270 g/mol. The molecule has 0 bridgehead atoms.